The van der Waals surface area contributed by atoms with Crippen LogP contribution >= 0.6 is 0 Å². The monoisotopic (exact) mass is 407 g/mol. The van der Waals surface area contributed by atoms with Crippen molar-refractivity contribution in [2.24, 2.45) is 29.6 Å². The number of carboxylic acids is 1. The maximum absolute atomic E-state index is 11.3. The van der Waals surface area contributed by atoms with Gasteiger partial charge in [-0.05, 0) is 67.1 Å². The molecule has 2 fully saturated rings. The summed E-state index contributed by atoms with van der Waals surface area (Å²) in [5.74, 6) is 1.79. The minimum Gasteiger partial charge on any atom is -0.481 e. The van der Waals surface area contributed by atoms with Crippen LogP contribution in [0.5, 0.6) is 0 Å². The van der Waals surface area contributed by atoms with E-state index in [4.69, 9.17) is 5.26 Å². The zero-order valence-corrected chi connectivity index (χ0v) is 18.3. The molecule has 1 atom stereocenters. The molecule has 0 spiro atoms. The lowest BCUT2D eigenvalue weighted by Crippen LogP contribution is -2.26. The van der Waals surface area contributed by atoms with Crippen molar-refractivity contribution in [2.45, 2.75) is 77.0 Å². The number of aliphatic carboxylic acids is 1. The number of hydrogen-bond acceptors (Lipinski definition) is 2. The molecule has 1 N–H and O–H groups in total. The highest BCUT2D eigenvalue weighted by Gasteiger charge is 2.30. The van der Waals surface area contributed by atoms with Crippen molar-refractivity contribution in [2.75, 3.05) is 0 Å². The maximum atomic E-state index is 11.3. The van der Waals surface area contributed by atoms with Crippen molar-refractivity contribution in [3.05, 3.63) is 48.0 Å². The van der Waals surface area contributed by atoms with Gasteiger partial charge in [0.1, 0.15) is 0 Å². The molecule has 0 heterocycles. The summed E-state index contributed by atoms with van der Waals surface area (Å²) in [6, 6.07) is 10.3. The quantitative estimate of drug-likeness (QED) is 0.459. The Labute approximate surface area is 182 Å². The van der Waals surface area contributed by atoms with E-state index in [1.54, 1.807) is 6.08 Å². The third kappa shape index (κ3) is 6.46. The van der Waals surface area contributed by atoms with Gasteiger partial charge in [0.15, 0.2) is 0 Å². The molecule has 1 unspecified atom stereocenters. The molecule has 2 aliphatic carbocycles. The lowest BCUT2D eigenvalue weighted by Gasteiger charge is -2.33. The molecule has 2 saturated carbocycles. The SMILES string of the molecule is C=CC(C(=O)O)[C@H]1CC[C@H](CC[C@H]2CC[C@H](CCc3ccc(C#N)cc3)CC2)CC1. The van der Waals surface area contributed by atoms with E-state index >= 15 is 0 Å². The summed E-state index contributed by atoms with van der Waals surface area (Å²) < 4.78 is 0. The largest absolute Gasteiger partial charge is 0.481 e. The second kappa shape index (κ2) is 11.3. The lowest BCUT2D eigenvalue weighted by molar-refractivity contribution is -0.142. The topological polar surface area (TPSA) is 61.1 Å². The first-order chi connectivity index (χ1) is 14.6. The minimum absolute atomic E-state index is 0.294. The van der Waals surface area contributed by atoms with Crippen molar-refractivity contribution in [1.29, 1.82) is 5.26 Å². The molecule has 0 aliphatic heterocycles. The molecule has 3 heteroatoms. The van der Waals surface area contributed by atoms with Gasteiger partial charge in [0, 0.05) is 0 Å². The third-order valence-corrected chi connectivity index (χ3v) is 7.81. The van der Waals surface area contributed by atoms with Gasteiger partial charge < -0.3 is 5.11 Å². The summed E-state index contributed by atoms with van der Waals surface area (Å²) in [5, 5.41) is 18.2. The first-order valence-electron chi connectivity index (χ1n) is 11.9. The zero-order chi connectivity index (χ0) is 21.3. The van der Waals surface area contributed by atoms with Crippen LogP contribution in [0.15, 0.2) is 36.9 Å². The fourth-order valence-electron chi connectivity index (χ4n) is 5.73. The van der Waals surface area contributed by atoms with Crippen molar-refractivity contribution >= 4 is 5.97 Å². The van der Waals surface area contributed by atoms with E-state index in [1.807, 2.05) is 12.1 Å². The Hall–Kier alpha value is -2.08. The fourth-order valence-corrected chi connectivity index (χ4v) is 5.73. The van der Waals surface area contributed by atoms with Gasteiger partial charge in [-0.1, -0.05) is 69.6 Å². The Balaban J connectivity index is 1.30. The molecular formula is C27H37NO2. The van der Waals surface area contributed by atoms with Gasteiger partial charge >= 0.3 is 5.97 Å². The number of carboxylic acid groups (broad SMARTS) is 1. The summed E-state index contributed by atoms with van der Waals surface area (Å²) in [4.78, 5) is 11.3. The number of carbonyl (C=O) groups is 1. The summed E-state index contributed by atoms with van der Waals surface area (Å²) in [6.07, 6.45) is 16.7. The predicted octanol–water partition coefficient (Wildman–Crippen LogP) is 6.77. The molecule has 0 amide bonds. The molecule has 3 nitrogen and oxygen atoms in total. The Morgan fingerprint density at radius 2 is 1.47 bits per heavy atom. The molecule has 2 aliphatic rings. The van der Waals surface area contributed by atoms with Crippen LogP contribution in [0.1, 0.15) is 81.8 Å². The van der Waals surface area contributed by atoms with Crippen LogP contribution in [-0.4, -0.2) is 11.1 Å². The van der Waals surface area contributed by atoms with Crippen LogP contribution in [0, 0.1) is 40.9 Å². The van der Waals surface area contributed by atoms with Crippen molar-refractivity contribution < 1.29 is 9.90 Å². The van der Waals surface area contributed by atoms with Gasteiger partial charge in [-0.25, -0.2) is 0 Å². The first kappa shape index (κ1) is 22.6. The summed E-state index contributed by atoms with van der Waals surface area (Å²) in [5.41, 5.74) is 2.10. The molecule has 3 rings (SSSR count). The van der Waals surface area contributed by atoms with Crippen LogP contribution in [-0.2, 0) is 11.2 Å². The average molecular weight is 408 g/mol. The van der Waals surface area contributed by atoms with Crippen molar-refractivity contribution in [1.82, 2.24) is 0 Å². The highest BCUT2D eigenvalue weighted by molar-refractivity contribution is 5.72. The third-order valence-electron chi connectivity index (χ3n) is 7.81. The van der Waals surface area contributed by atoms with Crippen LogP contribution in [0.2, 0.25) is 0 Å². The summed E-state index contributed by atoms with van der Waals surface area (Å²) in [6.45, 7) is 3.72. The van der Waals surface area contributed by atoms with E-state index in [-0.39, 0.29) is 5.92 Å². The molecule has 0 radical (unpaired) electrons. The molecule has 1 aromatic carbocycles. The van der Waals surface area contributed by atoms with Crippen molar-refractivity contribution in [3.8, 4) is 6.07 Å². The molecule has 162 valence electrons. The Morgan fingerprint density at radius 3 is 1.93 bits per heavy atom. The molecule has 0 saturated heterocycles. The summed E-state index contributed by atoms with van der Waals surface area (Å²) in [7, 11) is 0. The van der Waals surface area contributed by atoms with Gasteiger partial charge in [0.2, 0.25) is 0 Å². The molecule has 0 bridgehead atoms. The lowest BCUT2D eigenvalue weighted by atomic mass is 9.72. The second-order valence-electron chi connectivity index (χ2n) is 9.69. The Morgan fingerprint density at radius 1 is 0.967 bits per heavy atom. The molecule has 30 heavy (non-hydrogen) atoms. The maximum Gasteiger partial charge on any atom is 0.310 e. The highest BCUT2D eigenvalue weighted by Crippen LogP contribution is 2.39. The normalized spacial score (nSPS) is 27.7. The van der Waals surface area contributed by atoms with Crippen molar-refractivity contribution in [3.63, 3.8) is 0 Å². The molecule has 0 aromatic heterocycles. The fraction of sp³-hybridized carbons (Fsp3) is 0.630. The van der Waals surface area contributed by atoms with Crippen LogP contribution in [0.25, 0.3) is 0 Å². The molecular weight excluding hydrogens is 370 g/mol. The van der Waals surface area contributed by atoms with Gasteiger partial charge in [-0.2, -0.15) is 5.26 Å². The van der Waals surface area contributed by atoms with Crippen LogP contribution in [0.4, 0.5) is 0 Å². The van der Waals surface area contributed by atoms with Gasteiger partial charge in [-0.15, -0.1) is 6.58 Å². The number of hydrogen-bond donors (Lipinski definition) is 1. The van der Waals surface area contributed by atoms with E-state index in [9.17, 15) is 9.90 Å². The smallest absolute Gasteiger partial charge is 0.310 e. The highest BCUT2D eigenvalue weighted by atomic mass is 16.4. The zero-order valence-electron chi connectivity index (χ0n) is 18.3. The minimum atomic E-state index is -0.704. The van der Waals surface area contributed by atoms with E-state index in [0.29, 0.717) is 5.92 Å². The van der Waals surface area contributed by atoms with Crippen LogP contribution < -0.4 is 0 Å². The summed E-state index contributed by atoms with van der Waals surface area (Å²) >= 11 is 0. The Bertz CT molecular complexity index is 716. The van der Waals surface area contributed by atoms with Gasteiger partial charge in [-0.3, -0.25) is 4.79 Å². The molecule has 1 aromatic rings. The number of nitrogens with zero attached hydrogens (tertiary/aromatic N) is 1. The number of rotatable bonds is 9. The van der Waals surface area contributed by atoms with E-state index < -0.39 is 5.97 Å². The van der Waals surface area contributed by atoms with E-state index in [2.05, 4.69) is 24.8 Å². The Kier molecular flexibility index (Phi) is 8.55. The van der Waals surface area contributed by atoms with Gasteiger partial charge in [0.25, 0.3) is 0 Å². The number of nitriles is 1. The predicted molar refractivity (Wildman–Crippen MR) is 121 cm³/mol. The number of aryl methyl sites for hydroxylation is 1. The second-order valence-corrected chi connectivity index (χ2v) is 9.69. The van der Waals surface area contributed by atoms with E-state index in [1.165, 1.54) is 63.4 Å². The number of benzene rings is 1. The van der Waals surface area contributed by atoms with E-state index in [0.717, 1.165) is 42.6 Å². The van der Waals surface area contributed by atoms with Crippen LogP contribution in [0.3, 0.4) is 0 Å². The first-order valence-corrected chi connectivity index (χ1v) is 11.9. The average Bonchev–Trinajstić information content (AvgIpc) is 2.78. The standard InChI is InChI=1S/C27H37NO2/c1-2-26(27(29)30)25-17-15-23(16-18-25)10-9-21-5-3-20(4-6-21)7-8-22-11-13-24(19-28)14-12-22/h2,11-14,20-21,23,25-26H,1,3-10,15-18H2,(H,29,30)/t20-,21-,23-,25-,26?. The van der Waals surface area contributed by atoms with Gasteiger partial charge in [0.05, 0.1) is 17.6 Å².